The lowest BCUT2D eigenvalue weighted by Gasteiger charge is -2.62. The maximum absolute atomic E-state index is 3.11. The zero-order chi connectivity index (χ0) is 29.4. The van der Waals surface area contributed by atoms with Crippen LogP contribution >= 0.6 is 0 Å². The highest BCUT2D eigenvalue weighted by Crippen LogP contribution is 2.42. The van der Waals surface area contributed by atoms with Crippen molar-refractivity contribution in [3.63, 3.8) is 0 Å². The summed E-state index contributed by atoms with van der Waals surface area (Å²) in [6.07, 6.45) is 23.4. The summed E-state index contributed by atoms with van der Waals surface area (Å²) in [6, 6.07) is 6.87. The van der Waals surface area contributed by atoms with E-state index in [2.05, 4.69) is 80.4 Å². The van der Waals surface area contributed by atoms with Crippen LogP contribution in [0.1, 0.15) is 140 Å². The number of benzene rings is 1. The molecule has 0 bridgehead atoms. The van der Waals surface area contributed by atoms with Crippen LogP contribution in [0.5, 0.6) is 0 Å². The fourth-order valence-corrected chi connectivity index (χ4v) is 9.48. The third-order valence-electron chi connectivity index (χ3n) is 11.2. The highest BCUT2D eigenvalue weighted by molar-refractivity contribution is 5.59. The largest absolute Gasteiger partial charge is 0.374 e. The van der Waals surface area contributed by atoms with Crippen molar-refractivity contribution in [1.82, 2.24) is 14.7 Å². The van der Waals surface area contributed by atoms with Crippen LogP contribution in [0.25, 0.3) is 0 Å². The number of nitrogens with zero attached hydrogens (tertiary/aromatic N) is 4. The molecule has 3 aliphatic carbocycles. The van der Waals surface area contributed by atoms with Crippen molar-refractivity contribution in [1.29, 1.82) is 0 Å². The summed E-state index contributed by atoms with van der Waals surface area (Å²) in [5.74, 6) is -0.0302. The maximum atomic E-state index is 3.11. The normalized spacial score (nSPS) is 21.6. The van der Waals surface area contributed by atoms with E-state index in [0.29, 0.717) is 18.1 Å². The molecule has 3 aliphatic rings. The topological polar surface area (TPSA) is 13.0 Å². The summed E-state index contributed by atoms with van der Waals surface area (Å²) in [4.78, 5) is 11.8. The van der Waals surface area contributed by atoms with Gasteiger partial charge in [-0.05, 0) is 90.4 Å². The van der Waals surface area contributed by atoms with Gasteiger partial charge in [-0.2, -0.15) is 0 Å². The van der Waals surface area contributed by atoms with Gasteiger partial charge in [0.25, 0.3) is 0 Å². The molecule has 1 atom stereocenters. The van der Waals surface area contributed by atoms with E-state index in [1.54, 1.807) is 0 Å². The first-order chi connectivity index (χ1) is 19.8. The van der Waals surface area contributed by atoms with E-state index in [4.69, 9.17) is 0 Å². The third-order valence-corrected chi connectivity index (χ3v) is 11.2. The molecule has 0 saturated heterocycles. The Morgan fingerprint density at radius 1 is 0.634 bits per heavy atom. The van der Waals surface area contributed by atoms with Crippen molar-refractivity contribution >= 4 is 5.69 Å². The van der Waals surface area contributed by atoms with Crippen molar-refractivity contribution < 1.29 is 0 Å². The van der Waals surface area contributed by atoms with Crippen molar-refractivity contribution in [3.05, 3.63) is 28.8 Å². The van der Waals surface area contributed by atoms with Gasteiger partial charge in [0.05, 0.1) is 0 Å². The van der Waals surface area contributed by atoms with Gasteiger partial charge in [-0.1, -0.05) is 89.3 Å². The van der Waals surface area contributed by atoms with Gasteiger partial charge in [-0.3, -0.25) is 14.7 Å². The molecular formula is C37H66N4. The molecule has 0 amide bonds. The minimum absolute atomic E-state index is 0.0302. The lowest BCUT2D eigenvalue weighted by atomic mass is 9.87. The van der Waals surface area contributed by atoms with Crippen molar-refractivity contribution in [2.45, 2.75) is 168 Å². The van der Waals surface area contributed by atoms with E-state index in [1.807, 2.05) is 0 Å². The predicted octanol–water partition coefficient (Wildman–Crippen LogP) is 9.06. The van der Waals surface area contributed by atoms with Gasteiger partial charge in [0.1, 0.15) is 5.79 Å². The number of hydrogen-bond donors (Lipinski definition) is 0. The van der Waals surface area contributed by atoms with E-state index < -0.39 is 0 Å². The van der Waals surface area contributed by atoms with Crippen LogP contribution in [-0.2, 0) is 0 Å². The Labute approximate surface area is 255 Å². The second kappa shape index (κ2) is 15.6. The van der Waals surface area contributed by atoms with E-state index in [0.717, 1.165) is 13.1 Å². The van der Waals surface area contributed by atoms with Crippen molar-refractivity contribution in [2.75, 3.05) is 38.6 Å². The molecule has 3 saturated carbocycles. The lowest BCUT2D eigenvalue weighted by molar-refractivity contribution is -0.213. The summed E-state index contributed by atoms with van der Waals surface area (Å²) in [5, 5.41) is 0. The van der Waals surface area contributed by atoms with Crippen LogP contribution in [-0.4, -0.2) is 72.3 Å². The standard InChI is InChI=1S/C37H66N4/c1-8-26-41(35-23-17-12-18-24-35)37(39(7)33-19-13-10-14-20-33,40(9-2)34-21-15-11-16-22-34)25-27-38(6)36-31(4)28-30(3)29-32(36)5/h28-29,33-35H,8-27H2,1-7H3. The summed E-state index contributed by atoms with van der Waals surface area (Å²) in [5.41, 5.74) is 5.68. The molecule has 0 radical (unpaired) electrons. The molecule has 0 aromatic heterocycles. The molecule has 234 valence electrons. The average Bonchev–Trinajstić information content (AvgIpc) is 2.99. The SMILES string of the molecule is CCCN(C1CCCCC1)C(CCN(C)c1c(C)cc(C)cc1C)(N(C)C1CCCCC1)N(CC)C1CCCCC1. The highest BCUT2D eigenvalue weighted by Gasteiger charge is 2.51. The summed E-state index contributed by atoms with van der Waals surface area (Å²) >= 11 is 0. The van der Waals surface area contributed by atoms with Crippen LogP contribution in [0, 0.1) is 20.8 Å². The molecule has 4 nitrogen and oxygen atoms in total. The molecule has 1 aromatic rings. The van der Waals surface area contributed by atoms with Crippen LogP contribution in [0.15, 0.2) is 12.1 Å². The Kier molecular flexibility index (Phi) is 12.5. The van der Waals surface area contributed by atoms with Crippen molar-refractivity contribution in [2.24, 2.45) is 0 Å². The zero-order valence-electron chi connectivity index (χ0n) is 28.3. The van der Waals surface area contributed by atoms with Crippen LogP contribution in [0.3, 0.4) is 0 Å². The first-order valence-corrected chi connectivity index (χ1v) is 17.9. The number of hydrogen-bond acceptors (Lipinski definition) is 4. The third kappa shape index (κ3) is 7.52. The smallest absolute Gasteiger partial charge is 0.133 e. The first-order valence-electron chi connectivity index (χ1n) is 17.9. The molecule has 1 unspecified atom stereocenters. The number of anilines is 1. The Balaban J connectivity index is 1.81. The van der Waals surface area contributed by atoms with E-state index in [9.17, 15) is 0 Å². The molecule has 0 heterocycles. The molecule has 41 heavy (non-hydrogen) atoms. The molecular weight excluding hydrogens is 500 g/mol. The minimum Gasteiger partial charge on any atom is -0.374 e. The fraction of sp³-hybridized carbons (Fsp3) is 0.838. The Hall–Kier alpha value is -1.10. The summed E-state index contributed by atoms with van der Waals surface area (Å²) < 4.78 is 0. The van der Waals surface area contributed by atoms with Gasteiger partial charge >= 0.3 is 0 Å². The van der Waals surface area contributed by atoms with E-state index in [1.165, 1.54) is 138 Å². The number of rotatable bonds is 13. The second-order valence-electron chi connectivity index (χ2n) is 14.2. The van der Waals surface area contributed by atoms with E-state index >= 15 is 0 Å². The first kappa shape index (κ1) is 32.8. The Bertz CT molecular complexity index is 889. The predicted molar refractivity (Wildman–Crippen MR) is 179 cm³/mol. The molecule has 3 fully saturated rings. The molecule has 0 aliphatic heterocycles. The average molecular weight is 567 g/mol. The monoisotopic (exact) mass is 567 g/mol. The maximum Gasteiger partial charge on any atom is 0.133 e. The quantitative estimate of drug-likeness (QED) is 0.221. The lowest BCUT2D eigenvalue weighted by Crippen LogP contribution is -2.75. The van der Waals surface area contributed by atoms with Gasteiger partial charge < -0.3 is 4.90 Å². The molecule has 0 N–H and O–H groups in total. The molecule has 1 aromatic carbocycles. The van der Waals surface area contributed by atoms with Gasteiger partial charge in [-0.15, -0.1) is 0 Å². The zero-order valence-corrected chi connectivity index (χ0v) is 28.3. The Morgan fingerprint density at radius 2 is 1.10 bits per heavy atom. The van der Waals surface area contributed by atoms with Crippen LogP contribution in [0.4, 0.5) is 5.69 Å². The van der Waals surface area contributed by atoms with Crippen LogP contribution in [0.2, 0.25) is 0 Å². The molecule has 4 rings (SSSR count). The molecule has 0 spiro atoms. The molecule has 4 heteroatoms. The van der Waals surface area contributed by atoms with Crippen molar-refractivity contribution in [3.8, 4) is 0 Å². The fourth-order valence-electron chi connectivity index (χ4n) is 9.48. The minimum atomic E-state index is -0.0302. The van der Waals surface area contributed by atoms with E-state index in [-0.39, 0.29) is 5.79 Å². The van der Waals surface area contributed by atoms with Crippen LogP contribution < -0.4 is 4.90 Å². The summed E-state index contributed by atoms with van der Waals surface area (Å²) in [6.45, 7) is 15.3. The second-order valence-corrected chi connectivity index (χ2v) is 14.2. The Morgan fingerprint density at radius 3 is 1.56 bits per heavy atom. The van der Waals surface area contributed by atoms with Gasteiger partial charge in [0.15, 0.2) is 0 Å². The van der Waals surface area contributed by atoms with Gasteiger partial charge in [0, 0.05) is 50.4 Å². The summed E-state index contributed by atoms with van der Waals surface area (Å²) in [7, 11) is 4.94. The van der Waals surface area contributed by atoms with Gasteiger partial charge in [0.2, 0.25) is 0 Å². The highest BCUT2D eigenvalue weighted by atomic mass is 15.6. The van der Waals surface area contributed by atoms with Gasteiger partial charge in [-0.25, -0.2) is 0 Å². The number of aryl methyl sites for hydroxylation is 3.